The fraction of sp³-hybridized carbons (Fsp3) is 0.867. The Kier molecular flexibility index (Phi) is 7.19. The molecule has 0 bridgehead atoms. The highest BCUT2D eigenvalue weighted by Gasteiger charge is 2.38. The van der Waals surface area contributed by atoms with E-state index in [4.69, 9.17) is 4.74 Å². The standard InChI is InChI=1S/C15H28O3/c1-11(2)10-15(6,12(3)4)14(17)18-9-7-8-13(5)16/h11-12H,7-10H2,1-6H3. The van der Waals surface area contributed by atoms with Gasteiger partial charge in [-0.2, -0.15) is 0 Å². The van der Waals surface area contributed by atoms with E-state index in [0.29, 0.717) is 25.4 Å². The Morgan fingerprint density at radius 2 is 1.72 bits per heavy atom. The highest BCUT2D eigenvalue weighted by Crippen LogP contribution is 2.35. The van der Waals surface area contributed by atoms with Crippen molar-refractivity contribution in [3.05, 3.63) is 0 Å². The van der Waals surface area contributed by atoms with Crippen molar-refractivity contribution in [2.24, 2.45) is 17.3 Å². The van der Waals surface area contributed by atoms with E-state index in [1.807, 2.05) is 6.92 Å². The Labute approximate surface area is 111 Å². The zero-order valence-electron chi connectivity index (χ0n) is 12.7. The molecule has 0 heterocycles. The molecule has 3 nitrogen and oxygen atoms in total. The summed E-state index contributed by atoms with van der Waals surface area (Å²) in [6, 6.07) is 0. The molecule has 0 radical (unpaired) electrons. The average molecular weight is 256 g/mol. The Morgan fingerprint density at radius 3 is 2.11 bits per heavy atom. The quantitative estimate of drug-likeness (QED) is 0.492. The second-order valence-corrected chi connectivity index (χ2v) is 6.11. The second kappa shape index (κ2) is 7.55. The summed E-state index contributed by atoms with van der Waals surface area (Å²) in [5.74, 6) is 0.719. The highest BCUT2D eigenvalue weighted by molar-refractivity contribution is 5.77. The van der Waals surface area contributed by atoms with Crippen LogP contribution in [0.2, 0.25) is 0 Å². The number of carbonyl (C=O) groups is 2. The molecule has 106 valence electrons. The SMILES string of the molecule is CC(=O)CCCOC(=O)C(C)(CC(C)C)C(C)C. The van der Waals surface area contributed by atoms with E-state index < -0.39 is 5.41 Å². The van der Waals surface area contributed by atoms with Gasteiger partial charge in [0.05, 0.1) is 12.0 Å². The minimum Gasteiger partial charge on any atom is -0.465 e. The molecule has 0 fully saturated rings. The molecule has 0 aromatic carbocycles. The van der Waals surface area contributed by atoms with E-state index in [9.17, 15) is 9.59 Å². The maximum Gasteiger partial charge on any atom is 0.312 e. The lowest BCUT2D eigenvalue weighted by Gasteiger charge is -2.32. The van der Waals surface area contributed by atoms with Crippen molar-refractivity contribution in [2.45, 2.75) is 60.8 Å². The maximum absolute atomic E-state index is 12.2. The summed E-state index contributed by atoms with van der Waals surface area (Å²) >= 11 is 0. The first-order valence-electron chi connectivity index (χ1n) is 6.86. The zero-order valence-corrected chi connectivity index (χ0v) is 12.7. The van der Waals surface area contributed by atoms with Gasteiger partial charge < -0.3 is 9.53 Å². The fourth-order valence-electron chi connectivity index (χ4n) is 2.05. The first kappa shape index (κ1) is 17.1. The van der Waals surface area contributed by atoms with Gasteiger partial charge in [-0.05, 0) is 38.5 Å². The lowest BCUT2D eigenvalue weighted by atomic mass is 9.73. The molecular formula is C15H28O3. The summed E-state index contributed by atoms with van der Waals surface area (Å²) < 4.78 is 5.33. The summed E-state index contributed by atoms with van der Waals surface area (Å²) in [6.45, 7) is 12.2. The van der Waals surface area contributed by atoms with Crippen molar-refractivity contribution in [1.29, 1.82) is 0 Å². The van der Waals surface area contributed by atoms with Crippen LogP contribution in [-0.2, 0) is 14.3 Å². The molecule has 0 aliphatic heterocycles. The van der Waals surface area contributed by atoms with Crippen molar-refractivity contribution >= 4 is 11.8 Å². The van der Waals surface area contributed by atoms with Crippen LogP contribution in [0.15, 0.2) is 0 Å². The van der Waals surface area contributed by atoms with Crippen LogP contribution in [0.4, 0.5) is 0 Å². The summed E-state index contributed by atoms with van der Waals surface area (Å²) in [5.41, 5.74) is -0.426. The van der Waals surface area contributed by atoms with Gasteiger partial charge in [0.15, 0.2) is 0 Å². The van der Waals surface area contributed by atoms with Crippen LogP contribution >= 0.6 is 0 Å². The fourth-order valence-corrected chi connectivity index (χ4v) is 2.05. The van der Waals surface area contributed by atoms with Gasteiger partial charge in [-0.25, -0.2) is 0 Å². The lowest BCUT2D eigenvalue weighted by Crippen LogP contribution is -2.36. The van der Waals surface area contributed by atoms with Crippen LogP contribution in [0.25, 0.3) is 0 Å². The summed E-state index contributed by atoms with van der Waals surface area (Å²) in [6.07, 6.45) is 1.93. The molecule has 18 heavy (non-hydrogen) atoms. The topological polar surface area (TPSA) is 43.4 Å². The molecule has 0 aromatic heterocycles. The molecule has 0 rings (SSSR count). The smallest absolute Gasteiger partial charge is 0.312 e. The van der Waals surface area contributed by atoms with Gasteiger partial charge in [-0.1, -0.05) is 27.7 Å². The molecular weight excluding hydrogens is 228 g/mol. The first-order valence-corrected chi connectivity index (χ1v) is 6.86. The van der Waals surface area contributed by atoms with E-state index in [1.54, 1.807) is 6.92 Å². The normalized spacial score (nSPS) is 14.7. The molecule has 0 aromatic rings. The van der Waals surface area contributed by atoms with Crippen molar-refractivity contribution in [1.82, 2.24) is 0 Å². The van der Waals surface area contributed by atoms with Crippen LogP contribution in [0.3, 0.4) is 0 Å². The number of hydrogen-bond acceptors (Lipinski definition) is 3. The van der Waals surface area contributed by atoms with Gasteiger partial charge in [0.25, 0.3) is 0 Å². The number of hydrogen-bond donors (Lipinski definition) is 0. The number of ether oxygens (including phenoxy) is 1. The summed E-state index contributed by atoms with van der Waals surface area (Å²) in [7, 11) is 0. The zero-order chi connectivity index (χ0) is 14.3. The molecule has 0 aliphatic rings. The van der Waals surface area contributed by atoms with Crippen LogP contribution in [0, 0.1) is 17.3 Å². The third-order valence-corrected chi connectivity index (χ3v) is 3.48. The minimum absolute atomic E-state index is 0.130. The molecule has 0 saturated carbocycles. The molecule has 0 saturated heterocycles. The molecule has 0 aliphatic carbocycles. The molecule has 0 amide bonds. The van der Waals surface area contributed by atoms with Crippen LogP contribution in [0.5, 0.6) is 0 Å². The summed E-state index contributed by atoms with van der Waals surface area (Å²) in [4.78, 5) is 23.0. The molecule has 0 N–H and O–H groups in total. The average Bonchev–Trinajstić information content (AvgIpc) is 2.22. The third kappa shape index (κ3) is 5.65. The minimum atomic E-state index is -0.426. The monoisotopic (exact) mass is 256 g/mol. The van der Waals surface area contributed by atoms with Crippen molar-refractivity contribution < 1.29 is 14.3 Å². The van der Waals surface area contributed by atoms with Gasteiger partial charge in [0.1, 0.15) is 5.78 Å². The molecule has 1 unspecified atom stereocenters. The largest absolute Gasteiger partial charge is 0.465 e. The summed E-state index contributed by atoms with van der Waals surface area (Å²) in [5, 5.41) is 0. The van der Waals surface area contributed by atoms with Gasteiger partial charge >= 0.3 is 5.97 Å². The van der Waals surface area contributed by atoms with Gasteiger partial charge in [-0.15, -0.1) is 0 Å². The number of rotatable bonds is 8. The molecule has 1 atom stereocenters. The third-order valence-electron chi connectivity index (χ3n) is 3.48. The van der Waals surface area contributed by atoms with E-state index in [2.05, 4.69) is 27.7 Å². The Hall–Kier alpha value is -0.860. The van der Waals surface area contributed by atoms with E-state index in [-0.39, 0.29) is 17.7 Å². The van der Waals surface area contributed by atoms with Gasteiger partial charge in [0, 0.05) is 6.42 Å². The van der Waals surface area contributed by atoms with Gasteiger partial charge in [0.2, 0.25) is 0 Å². The van der Waals surface area contributed by atoms with Crippen molar-refractivity contribution in [3.8, 4) is 0 Å². The van der Waals surface area contributed by atoms with E-state index in [1.165, 1.54) is 0 Å². The Bertz CT molecular complexity index is 281. The van der Waals surface area contributed by atoms with E-state index in [0.717, 1.165) is 6.42 Å². The first-order chi connectivity index (χ1) is 8.20. The Balaban J connectivity index is 4.36. The van der Waals surface area contributed by atoms with Crippen LogP contribution in [0.1, 0.15) is 60.8 Å². The van der Waals surface area contributed by atoms with Crippen molar-refractivity contribution in [3.63, 3.8) is 0 Å². The highest BCUT2D eigenvalue weighted by atomic mass is 16.5. The van der Waals surface area contributed by atoms with Crippen LogP contribution in [-0.4, -0.2) is 18.4 Å². The number of ketones is 1. The molecule has 3 heteroatoms. The second-order valence-electron chi connectivity index (χ2n) is 6.11. The van der Waals surface area contributed by atoms with E-state index >= 15 is 0 Å². The molecule has 0 spiro atoms. The van der Waals surface area contributed by atoms with Crippen LogP contribution < -0.4 is 0 Å². The predicted molar refractivity (Wildman–Crippen MR) is 73.3 cm³/mol. The predicted octanol–water partition coefficient (Wildman–Crippen LogP) is 3.61. The number of esters is 1. The van der Waals surface area contributed by atoms with Crippen molar-refractivity contribution in [2.75, 3.05) is 6.61 Å². The van der Waals surface area contributed by atoms with Gasteiger partial charge in [-0.3, -0.25) is 4.79 Å². The number of Topliss-reactive ketones (excluding diaryl/α,β-unsaturated/α-hetero) is 1. The number of carbonyl (C=O) groups excluding carboxylic acids is 2. The lowest BCUT2D eigenvalue weighted by molar-refractivity contribution is -0.159. The Morgan fingerprint density at radius 1 is 1.17 bits per heavy atom. The maximum atomic E-state index is 12.2.